The zero-order valence-electron chi connectivity index (χ0n) is 16.2. The van der Waals surface area contributed by atoms with Crippen molar-refractivity contribution in [1.82, 2.24) is 10.6 Å². The van der Waals surface area contributed by atoms with Crippen LogP contribution in [0.4, 0.5) is 5.69 Å². The number of nitrogens with one attached hydrogen (secondary N) is 2. The third-order valence-corrected chi connectivity index (χ3v) is 4.01. The zero-order chi connectivity index (χ0) is 17.9. The summed E-state index contributed by atoms with van der Waals surface area (Å²) in [4.78, 5) is 6.61. The van der Waals surface area contributed by atoms with Crippen molar-refractivity contribution in [3.8, 4) is 0 Å². The van der Waals surface area contributed by atoms with Crippen molar-refractivity contribution >= 4 is 35.6 Å². The largest absolute Gasteiger partial charge is 0.381 e. The molecule has 146 valence electrons. The van der Waals surface area contributed by atoms with Crippen LogP contribution in [0.3, 0.4) is 0 Å². The van der Waals surface area contributed by atoms with Gasteiger partial charge in [-0.15, -0.1) is 24.0 Å². The molecule has 26 heavy (non-hydrogen) atoms. The summed E-state index contributed by atoms with van der Waals surface area (Å²) in [6, 6.07) is 8.72. The lowest BCUT2D eigenvalue weighted by molar-refractivity contribution is 0.108. The van der Waals surface area contributed by atoms with Crippen LogP contribution in [0.25, 0.3) is 0 Å². The fourth-order valence-corrected chi connectivity index (χ4v) is 2.62. The van der Waals surface area contributed by atoms with Crippen molar-refractivity contribution in [3.05, 3.63) is 42.0 Å². The number of hydrogen-bond donors (Lipinski definition) is 2. The van der Waals surface area contributed by atoms with Gasteiger partial charge in [-0.3, -0.25) is 4.99 Å². The highest BCUT2D eigenvalue weighted by molar-refractivity contribution is 14.0. The van der Waals surface area contributed by atoms with Crippen LogP contribution in [0.2, 0.25) is 0 Å². The van der Waals surface area contributed by atoms with E-state index in [1.54, 1.807) is 7.05 Å². The predicted molar refractivity (Wildman–Crippen MR) is 122 cm³/mol. The van der Waals surface area contributed by atoms with Gasteiger partial charge < -0.3 is 20.3 Å². The number of guanidine groups is 1. The normalized spacial score (nSPS) is 13.8. The lowest BCUT2D eigenvalue weighted by Crippen LogP contribution is -2.37. The van der Waals surface area contributed by atoms with Gasteiger partial charge in [0.15, 0.2) is 5.96 Å². The average molecular weight is 472 g/mol. The Morgan fingerprint density at radius 2 is 1.85 bits per heavy atom. The fourth-order valence-electron chi connectivity index (χ4n) is 2.62. The molecule has 1 aromatic rings. The summed E-state index contributed by atoms with van der Waals surface area (Å²) >= 11 is 0. The first kappa shape index (κ1) is 22.8. The Labute approximate surface area is 175 Å². The van der Waals surface area contributed by atoms with Gasteiger partial charge in [-0.05, 0) is 30.0 Å². The topological polar surface area (TPSA) is 48.9 Å². The third-order valence-electron chi connectivity index (χ3n) is 4.01. The Morgan fingerprint density at radius 1 is 1.15 bits per heavy atom. The predicted octanol–water partition coefficient (Wildman–Crippen LogP) is 3.41. The maximum atomic E-state index is 5.58. The van der Waals surface area contributed by atoms with Gasteiger partial charge in [0.2, 0.25) is 0 Å². The standard InChI is InChI=1S/C20H32N4O.HI/c1-17(2)16-25-14-6-11-22-20(21-3)23-15-18-7-9-19(10-8-18)24-12-4-5-13-24;/h4-5,7-10,17H,6,11-16H2,1-3H3,(H2,21,22,23);1H. The van der Waals surface area contributed by atoms with Gasteiger partial charge in [-0.25, -0.2) is 0 Å². The summed E-state index contributed by atoms with van der Waals surface area (Å²) < 4.78 is 5.58. The van der Waals surface area contributed by atoms with E-state index in [1.807, 2.05) is 0 Å². The van der Waals surface area contributed by atoms with Crippen molar-refractivity contribution in [2.24, 2.45) is 10.9 Å². The molecule has 0 aromatic heterocycles. The van der Waals surface area contributed by atoms with Crippen molar-refractivity contribution in [2.45, 2.75) is 26.8 Å². The molecule has 0 saturated carbocycles. The lowest BCUT2D eigenvalue weighted by atomic mass is 10.2. The minimum Gasteiger partial charge on any atom is -0.381 e. The van der Waals surface area contributed by atoms with Gasteiger partial charge in [-0.1, -0.05) is 38.1 Å². The van der Waals surface area contributed by atoms with E-state index in [-0.39, 0.29) is 24.0 Å². The first-order chi connectivity index (χ1) is 12.2. The van der Waals surface area contributed by atoms with Crippen LogP contribution < -0.4 is 15.5 Å². The number of benzene rings is 1. The summed E-state index contributed by atoms with van der Waals surface area (Å²) in [5.41, 5.74) is 2.52. The molecule has 0 fully saturated rings. The van der Waals surface area contributed by atoms with Crippen LogP contribution in [0.1, 0.15) is 25.8 Å². The molecule has 0 bridgehead atoms. The van der Waals surface area contributed by atoms with Crippen LogP contribution in [0.5, 0.6) is 0 Å². The molecule has 2 rings (SSSR count). The lowest BCUT2D eigenvalue weighted by Gasteiger charge is -2.18. The van der Waals surface area contributed by atoms with Gasteiger partial charge in [0.1, 0.15) is 0 Å². The summed E-state index contributed by atoms with van der Waals surface area (Å²) in [5, 5.41) is 6.68. The number of halogens is 1. The molecule has 0 saturated heterocycles. The molecular weight excluding hydrogens is 439 g/mol. The van der Waals surface area contributed by atoms with E-state index >= 15 is 0 Å². The molecule has 5 nitrogen and oxygen atoms in total. The molecule has 0 aliphatic carbocycles. The van der Waals surface area contributed by atoms with Gasteiger partial charge in [0.05, 0.1) is 0 Å². The summed E-state index contributed by atoms with van der Waals surface area (Å²) in [5.74, 6) is 1.42. The van der Waals surface area contributed by atoms with E-state index in [9.17, 15) is 0 Å². The van der Waals surface area contributed by atoms with Crippen LogP contribution in [-0.2, 0) is 11.3 Å². The number of nitrogens with zero attached hydrogens (tertiary/aromatic N) is 2. The number of ether oxygens (including phenoxy) is 1. The maximum Gasteiger partial charge on any atom is 0.191 e. The summed E-state index contributed by atoms with van der Waals surface area (Å²) in [6.07, 6.45) is 5.39. The molecule has 2 N–H and O–H groups in total. The van der Waals surface area contributed by atoms with Crippen molar-refractivity contribution in [1.29, 1.82) is 0 Å². The van der Waals surface area contributed by atoms with Gasteiger partial charge >= 0.3 is 0 Å². The summed E-state index contributed by atoms with van der Waals surface area (Å²) in [7, 11) is 1.80. The highest BCUT2D eigenvalue weighted by Gasteiger charge is 2.07. The van der Waals surface area contributed by atoms with E-state index in [4.69, 9.17) is 4.74 Å². The SMILES string of the molecule is CN=C(NCCCOCC(C)C)NCc1ccc(N2CC=CC2)cc1.I. The molecule has 1 aliphatic rings. The highest BCUT2D eigenvalue weighted by atomic mass is 127. The highest BCUT2D eigenvalue weighted by Crippen LogP contribution is 2.17. The Morgan fingerprint density at radius 3 is 2.46 bits per heavy atom. The van der Waals surface area contributed by atoms with Crippen LogP contribution in [0.15, 0.2) is 41.4 Å². The van der Waals surface area contributed by atoms with Crippen LogP contribution >= 0.6 is 24.0 Å². The Hall–Kier alpha value is -1.28. The maximum absolute atomic E-state index is 5.58. The second-order valence-electron chi connectivity index (χ2n) is 6.72. The molecule has 0 spiro atoms. The van der Waals surface area contributed by atoms with Gasteiger partial charge in [0, 0.05) is 52.1 Å². The van der Waals surface area contributed by atoms with Crippen LogP contribution in [-0.4, -0.2) is 45.9 Å². The van der Waals surface area contributed by atoms with E-state index in [0.29, 0.717) is 5.92 Å². The Balaban J connectivity index is 0.00000338. The second kappa shape index (κ2) is 13.0. The average Bonchev–Trinajstić information content (AvgIpc) is 3.15. The number of hydrogen-bond acceptors (Lipinski definition) is 3. The Kier molecular flexibility index (Phi) is 11.4. The minimum atomic E-state index is 0. The molecule has 1 heterocycles. The molecule has 1 aromatic carbocycles. The van der Waals surface area contributed by atoms with Crippen molar-refractivity contribution in [3.63, 3.8) is 0 Å². The van der Waals surface area contributed by atoms with E-state index in [0.717, 1.165) is 51.8 Å². The van der Waals surface area contributed by atoms with Crippen molar-refractivity contribution < 1.29 is 4.74 Å². The minimum absolute atomic E-state index is 0. The second-order valence-corrected chi connectivity index (χ2v) is 6.72. The number of aliphatic imine (C=N–C) groups is 1. The molecule has 1 aliphatic heterocycles. The molecule has 0 amide bonds. The van der Waals surface area contributed by atoms with E-state index < -0.39 is 0 Å². The molecular formula is C20H33IN4O. The molecule has 0 unspecified atom stereocenters. The monoisotopic (exact) mass is 472 g/mol. The van der Waals surface area contributed by atoms with E-state index in [1.165, 1.54) is 11.3 Å². The zero-order valence-corrected chi connectivity index (χ0v) is 18.5. The first-order valence-corrected chi connectivity index (χ1v) is 9.20. The number of rotatable bonds is 9. The van der Waals surface area contributed by atoms with Crippen LogP contribution in [0, 0.1) is 5.92 Å². The van der Waals surface area contributed by atoms with Crippen molar-refractivity contribution in [2.75, 3.05) is 44.8 Å². The molecule has 0 radical (unpaired) electrons. The molecule has 6 heteroatoms. The quantitative estimate of drug-likeness (QED) is 0.190. The summed E-state index contributed by atoms with van der Waals surface area (Å²) in [6.45, 7) is 9.59. The van der Waals surface area contributed by atoms with Gasteiger partial charge in [0.25, 0.3) is 0 Å². The fraction of sp³-hybridized carbons (Fsp3) is 0.550. The van der Waals surface area contributed by atoms with E-state index in [2.05, 4.69) is 70.8 Å². The Bertz CT molecular complexity index is 549. The smallest absolute Gasteiger partial charge is 0.191 e. The first-order valence-electron chi connectivity index (χ1n) is 9.20. The van der Waals surface area contributed by atoms with Gasteiger partial charge in [-0.2, -0.15) is 0 Å². The molecule has 0 atom stereocenters. The number of anilines is 1. The third kappa shape index (κ3) is 8.40.